The van der Waals surface area contributed by atoms with Crippen LogP contribution < -0.4 is 5.73 Å². The minimum absolute atomic E-state index is 0.598. The molecule has 1 aromatic carbocycles. The van der Waals surface area contributed by atoms with Crippen molar-refractivity contribution < 1.29 is 0 Å². The summed E-state index contributed by atoms with van der Waals surface area (Å²) in [6, 6.07) is 13.0. The molecule has 98 valence electrons. The molecule has 0 aliphatic rings. The van der Waals surface area contributed by atoms with Gasteiger partial charge in [-0.05, 0) is 36.2 Å². The Morgan fingerprint density at radius 1 is 1.11 bits per heavy atom. The lowest BCUT2D eigenvalue weighted by molar-refractivity contribution is 0.851. The Hall–Kier alpha value is -1.58. The van der Waals surface area contributed by atoms with Gasteiger partial charge < -0.3 is 10.3 Å². The number of nitrogens with two attached hydrogens (primary N) is 1. The van der Waals surface area contributed by atoms with Crippen molar-refractivity contribution in [3.63, 3.8) is 0 Å². The first kappa shape index (κ1) is 12.5. The first-order chi connectivity index (χ1) is 9.31. The molecule has 0 spiro atoms. The third kappa shape index (κ3) is 2.31. The van der Waals surface area contributed by atoms with Crippen molar-refractivity contribution in [1.29, 1.82) is 0 Å². The van der Waals surface area contributed by atoms with Crippen molar-refractivity contribution in [3.8, 4) is 0 Å². The minimum Gasteiger partial charge on any atom is -0.342 e. The SMILES string of the molecule is CCc1ccc(Cn2ccc3c(CN)cccc32)s1. The van der Waals surface area contributed by atoms with Crippen molar-refractivity contribution in [2.45, 2.75) is 26.4 Å². The van der Waals surface area contributed by atoms with Crippen LogP contribution in [0.15, 0.2) is 42.6 Å². The molecule has 2 heterocycles. The van der Waals surface area contributed by atoms with Gasteiger partial charge in [0.05, 0.1) is 6.54 Å². The molecule has 2 N–H and O–H groups in total. The molecule has 0 aliphatic carbocycles. The van der Waals surface area contributed by atoms with E-state index in [0.717, 1.165) is 13.0 Å². The second kappa shape index (κ2) is 5.19. The van der Waals surface area contributed by atoms with Gasteiger partial charge in [-0.1, -0.05) is 19.1 Å². The Kier molecular flexibility index (Phi) is 3.40. The van der Waals surface area contributed by atoms with Crippen molar-refractivity contribution in [2.24, 2.45) is 5.73 Å². The highest BCUT2D eigenvalue weighted by Gasteiger charge is 2.06. The van der Waals surface area contributed by atoms with E-state index in [1.54, 1.807) is 0 Å². The van der Waals surface area contributed by atoms with Crippen molar-refractivity contribution >= 4 is 22.2 Å². The summed E-state index contributed by atoms with van der Waals surface area (Å²) in [6.07, 6.45) is 3.28. The zero-order valence-corrected chi connectivity index (χ0v) is 11.9. The molecule has 3 aromatic rings. The van der Waals surface area contributed by atoms with Crippen LogP contribution in [0.5, 0.6) is 0 Å². The number of aromatic nitrogens is 1. The number of hydrogen-bond donors (Lipinski definition) is 1. The summed E-state index contributed by atoms with van der Waals surface area (Å²) in [5, 5.41) is 1.28. The van der Waals surface area contributed by atoms with Gasteiger partial charge in [0, 0.05) is 33.4 Å². The molecule has 0 saturated heterocycles. The average Bonchev–Trinajstić information content (AvgIpc) is 3.06. The summed E-state index contributed by atoms with van der Waals surface area (Å²) in [5.41, 5.74) is 8.28. The van der Waals surface area contributed by atoms with Crippen LogP contribution in [0.2, 0.25) is 0 Å². The molecule has 0 bridgehead atoms. The van der Waals surface area contributed by atoms with Crippen LogP contribution in [0.1, 0.15) is 22.2 Å². The molecule has 3 heteroatoms. The fourth-order valence-electron chi connectivity index (χ4n) is 2.47. The fraction of sp³-hybridized carbons (Fsp3) is 0.250. The lowest BCUT2D eigenvalue weighted by Crippen LogP contribution is -1.98. The molecular weight excluding hydrogens is 252 g/mol. The second-order valence-electron chi connectivity index (χ2n) is 4.72. The van der Waals surface area contributed by atoms with Crippen LogP contribution in [0.25, 0.3) is 10.9 Å². The van der Waals surface area contributed by atoms with E-state index in [0.29, 0.717) is 6.54 Å². The van der Waals surface area contributed by atoms with E-state index in [-0.39, 0.29) is 0 Å². The molecule has 2 aromatic heterocycles. The molecule has 2 nitrogen and oxygen atoms in total. The summed E-state index contributed by atoms with van der Waals surface area (Å²) in [7, 11) is 0. The molecule has 0 aliphatic heterocycles. The monoisotopic (exact) mass is 270 g/mol. The van der Waals surface area contributed by atoms with Gasteiger partial charge in [-0.2, -0.15) is 0 Å². The quantitative estimate of drug-likeness (QED) is 0.768. The molecule has 19 heavy (non-hydrogen) atoms. The Balaban J connectivity index is 1.97. The van der Waals surface area contributed by atoms with Gasteiger partial charge in [-0.25, -0.2) is 0 Å². The van der Waals surface area contributed by atoms with Gasteiger partial charge in [0.1, 0.15) is 0 Å². The normalized spacial score (nSPS) is 11.3. The highest BCUT2D eigenvalue weighted by atomic mass is 32.1. The van der Waals surface area contributed by atoms with E-state index < -0.39 is 0 Å². The van der Waals surface area contributed by atoms with Crippen LogP contribution in [-0.4, -0.2) is 4.57 Å². The third-order valence-electron chi connectivity index (χ3n) is 3.52. The van der Waals surface area contributed by atoms with E-state index in [1.807, 2.05) is 11.3 Å². The Labute approximate surface area is 117 Å². The summed E-state index contributed by atoms with van der Waals surface area (Å²) < 4.78 is 2.31. The number of benzene rings is 1. The maximum Gasteiger partial charge on any atom is 0.0569 e. The maximum atomic E-state index is 5.79. The number of aryl methyl sites for hydroxylation is 1. The van der Waals surface area contributed by atoms with Gasteiger partial charge in [0.25, 0.3) is 0 Å². The number of nitrogens with zero attached hydrogens (tertiary/aromatic N) is 1. The molecule has 3 rings (SSSR count). The van der Waals surface area contributed by atoms with E-state index in [1.165, 1.54) is 26.2 Å². The first-order valence-corrected chi connectivity index (χ1v) is 7.48. The van der Waals surface area contributed by atoms with Crippen LogP contribution in [0.4, 0.5) is 0 Å². The van der Waals surface area contributed by atoms with Gasteiger partial charge in [0.2, 0.25) is 0 Å². The zero-order valence-electron chi connectivity index (χ0n) is 11.1. The molecule has 0 unspecified atom stereocenters. The summed E-state index contributed by atoms with van der Waals surface area (Å²) in [4.78, 5) is 2.86. The van der Waals surface area contributed by atoms with Crippen LogP contribution >= 0.6 is 11.3 Å². The fourth-order valence-corrected chi connectivity index (χ4v) is 3.43. The largest absolute Gasteiger partial charge is 0.342 e. The second-order valence-corrected chi connectivity index (χ2v) is 5.97. The van der Waals surface area contributed by atoms with Crippen molar-refractivity contribution in [3.05, 3.63) is 57.9 Å². The van der Waals surface area contributed by atoms with E-state index in [9.17, 15) is 0 Å². The number of thiophene rings is 1. The van der Waals surface area contributed by atoms with E-state index >= 15 is 0 Å². The van der Waals surface area contributed by atoms with Crippen molar-refractivity contribution in [2.75, 3.05) is 0 Å². The summed E-state index contributed by atoms with van der Waals surface area (Å²) >= 11 is 1.90. The topological polar surface area (TPSA) is 30.9 Å². The molecule has 0 saturated carbocycles. The van der Waals surface area contributed by atoms with E-state index in [2.05, 4.69) is 54.1 Å². The Morgan fingerprint density at radius 3 is 2.68 bits per heavy atom. The summed E-state index contributed by atoms with van der Waals surface area (Å²) in [5.74, 6) is 0. The number of rotatable bonds is 4. The van der Waals surface area contributed by atoms with Gasteiger partial charge in [0.15, 0.2) is 0 Å². The van der Waals surface area contributed by atoms with Crippen molar-refractivity contribution in [1.82, 2.24) is 4.57 Å². The lowest BCUT2D eigenvalue weighted by Gasteiger charge is -2.05. The summed E-state index contributed by atoms with van der Waals surface area (Å²) in [6.45, 7) is 3.75. The molecule has 0 radical (unpaired) electrons. The number of hydrogen-bond acceptors (Lipinski definition) is 2. The smallest absolute Gasteiger partial charge is 0.0569 e. The van der Waals surface area contributed by atoms with Crippen LogP contribution in [0, 0.1) is 0 Å². The minimum atomic E-state index is 0.598. The predicted molar refractivity (Wildman–Crippen MR) is 82.6 cm³/mol. The Morgan fingerprint density at radius 2 is 1.95 bits per heavy atom. The average molecular weight is 270 g/mol. The van der Waals surface area contributed by atoms with Crippen LogP contribution in [-0.2, 0) is 19.5 Å². The molecular formula is C16H18N2S. The zero-order chi connectivity index (χ0) is 13.2. The molecule has 0 atom stereocenters. The van der Waals surface area contributed by atoms with Gasteiger partial charge in [-0.15, -0.1) is 11.3 Å². The van der Waals surface area contributed by atoms with Gasteiger partial charge >= 0.3 is 0 Å². The third-order valence-corrected chi connectivity index (χ3v) is 4.73. The molecule has 0 amide bonds. The maximum absolute atomic E-state index is 5.79. The lowest BCUT2D eigenvalue weighted by atomic mass is 10.1. The standard InChI is InChI=1S/C16H18N2S/c1-2-13-6-7-14(19-13)11-18-9-8-15-12(10-17)4-3-5-16(15)18/h3-9H,2,10-11,17H2,1H3. The highest BCUT2D eigenvalue weighted by Crippen LogP contribution is 2.23. The van der Waals surface area contributed by atoms with E-state index in [4.69, 9.17) is 5.73 Å². The van der Waals surface area contributed by atoms with Crippen LogP contribution in [0.3, 0.4) is 0 Å². The highest BCUT2D eigenvalue weighted by molar-refractivity contribution is 7.11. The molecule has 0 fully saturated rings. The first-order valence-electron chi connectivity index (χ1n) is 6.66. The Bertz CT molecular complexity index is 694. The number of fused-ring (bicyclic) bond motifs is 1. The predicted octanol–water partition coefficient (Wildman–Crippen LogP) is 3.77. The van der Waals surface area contributed by atoms with Gasteiger partial charge in [-0.3, -0.25) is 0 Å².